The summed E-state index contributed by atoms with van der Waals surface area (Å²) in [7, 11) is 0. The van der Waals surface area contributed by atoms with E-state index in [1.54, 1.807) is 0 Å². The van der Waals surface area contributed by atoms with E-state index < -0.39 is 0 Å². The molecular weight excluding hydrogens is 288 g/mol. The summed E-state index contributed by atoms with van der Waals surface area (Å²) < 4.78 is 15.1. The van der Waals surface area contributed by atoms with Gasteiger partial charge in [-0.15, -0.1) is 0 Å². The van der Waals surface area contributed by atoms with Gasteiger partial charge in [0.25, 0.3) is 11.8 Å². The van der Waals surface area contributed by atoms with Crippen molar-refractivity contribution >= 4 is 35.3 Å². The van der Waals surface area contributed by atoms with Crippen molar-refractivity contribution in [2.75, 3.05) is 13.1 Å². The van der Waals surface area contributed by atoms with Gasteiger partial charge in [0.05, 0.1) is 35.9 Å². The number of carbonyl (C=O) groups is 2. The van der Waals surface area contributed by atoms with Gasteiger partial charge in [-0.3, -0.25) is 9.59 Å². The van der Waals surface area contributed by atoms with Crippen LogP contribution in [0, 0.1) is 0 Å². The number of rotatable bonds is 6. The highest BCUT2D eigenvalue weighted by atomic mass is 32.1. The van der Waals surface area contributed by atoms with Gasteiger partial charge in [0.1, 0.15) is 0 Å². The maximum Gasteiger partial charge on any atom is 0.272 e. The van der Waals surface area contributed by atoms with Crippen LogP contribution in [0.2, 0.25) is 0 Å². The van der Waals surface area contributed by atoms with Crippen molar-refractivity contribution in [1.82, 2.24) is 28.1 Å². The van der Waals surface area contributed by atoms with E-state index in [2.05, 4.69) is 28.1 Å². The number of nitrogens with zero attached hydrogens (tertiary/aromatic N) is 4. The van der Waals surface area contributed by atoms with Gasteiger partial charge in [0.2, 0.25) is 0 Å². The molecular formula is C9H10N6O2S2. The number of nitrogens with one attached hydrogen (secondary N) is 2. The Morgan fingerprint density at radius 1 is 0.947 bits per heavy atom. The fourth-order valence-corrected chi connectivity index (χ4v) is 2.03. The van der Waals surface area contributed by atoms with E-state index in [9.17, 15) is 9.59 Å². The quantitative estimate of drug-likeness (QED) is 0.723. The zero-order chi connectivity index (χ0) is 13.5. The van der Waals surface area contributed by atoms with Crippen LogP contribution in [0.25, 0.3) is 0 Å². The summed E-state index contributed by atoms with van der Waals surface area (Å²) in [5.74, 6) is -0.521. The van der Waals surface area contributed by atoms with Gasteiger partial charge in [-0.05, 0) is 6.42 Å². The van der Waals surface area contributed by atoms with Crippen molar-refractivity contribution in [3.8, 4) is 0 Å². The lowest BCUT2D eigenvalue weighted by atomic mass is 10.3. The molecule has 2 N–H and O–H groups in total. The van der Waals surface area contributed by atoms with E-state index in [1.807, 2.05) is 0 Å². The second-order valence-electron chi connectivity index (χ2n) is 3.45. The molecule has 0 aliphatic carbocycles. The Labute approximate surface area is 116 Å². The highest BCUT2D eigenvalue weighted by molar-refractivity contribution is 6.99. The Balaban J connectivity index is 1.60. The molecule has 0 unspecified atom stereocenters. The summed E-state index contributed by atoms with van der Waals surface area (Å²) in [6.07, 6.45) is 3.45. The second-order valence-corrected chi connectivity index (χ2v) is 4.56. The first-order valence-corrected chi connectivity index (χ1v) is 6.85. The van der Waals surface area contributed by atoms with Gasteiger partial charge in [0, 0.05) is 13.1 Å². The number of hydrogen-bond donors (Lipinski definition) is 2. The highest BCUT2D eigenvalue weighted by Crippen LogP contribution is 1.95. The average molecular weight is 298 g/mol. The topological polar surface area (TPSA) is 110 Å². The molecule has 10 heteroatoms. The third-order valence-electron chi connectivity index (χ3n) is 2.11. The molecule has 0 aromatic carbocycles. The van der Waals surface area contributed by atoms with Crippen LogP contribution in [0.15, 0.2) is 12.4 Å². The Bertz CT molecular complexity index is 479. The first-order valence-electron chi connectivity index (χ1n) is 5.39. The Kier molecular flexibility index (Phi) is 4.86. The van der Waals surface area contributed by atoms with Crippen LogP contribution < -0.4 is 10.6 Å². The molecule has 2 rings (SSSR count). The molecule has 8 nitrogen and oxygen atoms in total. The van der Waals surface area contributed by atoms with Crippen LogP contribution in [0.3, 0.4) is 0 Å². The molecule has 0 saturated carbocycles. The maximum atomic E-state index is 11.5. The first-order chi connectivity index (χ1) is 9.27. The van der Waals surface area contributed by atoms with Crippen molar-refractivity contribution < 1.29 is 9.59 Å². The standard InChI is InChI=1S/C9H10N6O2S2/c16-8(6-4-12-18-14-6)10-2-1-3-11-9(17)7-5-13-19-15-7/h4-5H,1-3H2,(H,10,16)(H,11,17). The van der Waals surface area contributed by atoms with Gasteiger partial charge in [-0.25, -0.2) is 0 Å². The molecule has 2 heterocycles. The van der Waals surface area contributed by atoms with E-state index in [1.165, 1.54) is 12.4 Å². The summed E-state index contributed by atoms with van der Waals surface area (Å²) in [4.78, 5) is 23.0. The molecule has 19 heavy (non-hydrogen) atoms. The zero-order valence-electron chi connectivity index (χ0n) is 9.70. The van der Waals surface area contributed by atoms with E-state index in [4.69, 9.17) is 0 Å². The van der Waals surface area contributed by atoms with Gasteiger partial charge in [-0.2, -0.15) is 17.5 Å². The van der Waals surface area contributed by atoms with E-state index in [-0.39, 0.29) is 11.8 Å². The van der Waals surface area contributed by atoms with Gasteiger partial charge in [0.15, 0.2) is 11.4 Å². The molecule has 0 aliphatic rings. The molecule has 0 saturated heterocycles. The minimum absolute atomic E-state index is 0.260. The SMILES string of the molecule is O=C(NCCCNC(=O)c1cnsn1)c1cnsn1. The Morgan fingerprint density at radius 3 is 1.79 bits per heavy atom. The smallest absolute Gasteiger partial charge is 0.272 e. The molecule has 2 aromatic rings. The molecule has 100 valence electrons. The third-order valence-corrected chi connectivity index (χ3v) is 3.07. The summed E-state index contributed by atoms with van der Waals surface area (Å²) in [5, 5.41) is 5.36. The monoisotopic (exact) mass is 298 g/mol. The molecule has 0 bridgehead atoms. The average Bonchev–Trinajstić information content (AvgIpc) is 3.10. The first kappa shape index (κ1) is 13.5. The van der Waals surface area contributed by atoms with E-state index in [0.29, 0.717) is 30.9 Å². The van der Waals surface area contributed by atoms with Crippen molar-refractivity contribution in [3.05, 3.63) is 23.8 Å². The van der Waals surface area contributed by atoms with E-state index in [0.717, 1.165) is 23.5 Å². The molecule has 0 fully saturated rings. The van der Waals surface area contributed by atoms with E-state index >= 15 is 0 Å². The summed E-state index contributed by atoms with van der Waals surface area (Å²) in [6, 6.07) is 0. The van der Waals surface area contributed by atoms with Crippen LogP contribution in [-0.4, -0.2) is 42.4 Å². The molecule has 2 amide bonds. The van der Waals surface area contributed by atoms with Crippen molar-refractivity contribution in [3.63, 3.8) is 0 Å². The fraction of sp³-hybridized carbons (Fsp3) is 0.333. The number of amides is 2. The minimum atomic E-state index is -0.260. The van der Waals surface area contributed by atoms with Crippen LogP contribution in [-0.2, 0) is 0 Å². The van der Waals surface area contributed by atoms with Crippen molar-refractivity contribution in [1.29, 1.82) is 0 Å². The van der Waals surface area contributed by atoms with Crippen LogP contribution in [0.5, 0.6) is 0 Å². The predicted molar refractivity (Wildman–Crippen MR) is 69.1 cm³/mol. The Hall–Kier alpha value is -1.94. The maximum absolute atomic E-state index is 11.5. The van der Waals surface area contributed by atoms with Gasteiger partial charge >= 0.3 is 0 Å². The molecule has 0 aliphatic heterocycles. The molecule has 0 spiro atoms. The third kappa shape index (κ3) is 4.03. The van der Waals surface area contributed by atoms with Gasteiger partial charge in [-0.1, -0.05) is 0 Å². The fourth-order valence-electron chi connectivity index (χ4n) is 1.20. The van der Waals surface area contributed by atoms with Crippen molar-refractivity contribution in [2.24, 2.45) is 0 Å². The van der Waals surface area contributed by atoms with Crippen LogP contribution in [0.1, 0.15) is 27.4 Å². The zero-order valence-corrected chi connectivity index (χ0v) is 11.3. The van der Waals surface area contributed by atoms with Crippen LogP contribution >= 0.6 is 23.5 Å². The second kappa shape index (κ2) is 6.85. The highest BCUT2D eigenvalue weighted by Gasteiger charge is 2.09. The predicted octanol–water partition coefficient (Wildman–Crippen LogP) is -0.0605. The number of carbonyl (C=O) groups excluding carboxylic acids is 2. The molecule has 2 aromatic heterocycles. The minimum Gasteiger partial charge on any atom is -0.351 e. The summed E-state index contributed by atoms with van der Waals surface area (Å²) in [5.41, 5.74) is 0.616. The lowest BCUT2D eigenvalue weighted by molar-refractivity contribution is 0.0947. The normalized spacial score (nSPS) is 10.1. The Morgan fingerprint density at radius 2 is 1.42 bits per heavy atom. The molecule has 0 atom stereocenters. The largest absolute Gasteiger partial charge is 0.351 e. The lowest BCUT2D eigenvalue weighted by Crippen LogP contribution is -2.30. The summed E-state index contributed by atoms with van der Waals surface area (Å²) in [6.45, 7) is 0.901. The van der Waals surface area contributed by atoms with Crippen molar-refractivity contribution in [2.45, 2.75) is 6.42 Å². The number of aromatic nitrogens is 4. The molecule has 0 radical (unpaired) electrons. The summed E-state index contributed by atoms with van der Waals surface area (Å²) >= 11 is 1.97. The number of hydrogen-bond acceptors (Lipinski definition) is 8. The van der Waals surface area contributed by atoms with Gasteiger partial charge < -0.3 is 10.6 Å². The lowest BCUT2D eigenvalue weighted by Gasteiger charge is -2.04. The van der Waals surface area contributed by atoms with Crippen LogP contribution in [0.4, 0.5) is 0 Å².